The maximum atomic E-state index is 11.9. The van der Waals surface area contributed by atoms with Crippen molar-refractivity contribution in [2.24, 2.45) is 0 Å². The highest BCUT2D eigenvalue weighted by Crippen LogP contribution is 2.45. The van der Waals surface area contributed by atoms with E-state index in [9.17, 15) is 4.79 Å². The van der Waals surface area contributed by atoms with Crippen molar-refractivity contribution in [1.82, 2.24) is 0 Å². The highest BCUT2D eigenvalue weighted by atomic mass is 16.6. The Hall–Kier alpha value is -2.15. The lowest BCUT2D eigenvalue weighted by atomic mass is 10.1. The normalized spacial score (nSPS) is 17.9. The summed E-state index contributed by atoms with van der Waals surface area (Å²) in [4.78, 5) is 15.6. The summed E-state index contributed by atoms with van der Waals surface area (Å²) < 4.78 is 21.6. The van der Waals surface area contributed by atoms with Crippen LogP contribution in [0.4, 0.5) is 16.2 Å². The molecule has 3 rings (SSSR count). The second kappa shape index (κ2) is 5.92. The van der Waals surface area contributed by atoms with Gasteiger partial charge in [-0.15, -0.1) is 0 Å². The third kappa shape index (κ3) is 2.31. The summed E-state index contributed by atoms with van der Waals surface area (Å²) in [5, 5.41) is 0. The van der Waals surface area contributed by atoms with E-state index < -0.39 is 0 Å². The van der Waals surface area contributed by atoms with E-state index in [1.54, 1.807) is 19.1 Å². The Labute approximate surface area is 129 Å². The molecule has 0 aromatic heterocycles. The van der Waals surface area contributed by atoms with Crippen LogP contribution < -0.4 is 19.3 Å². The Morgan fingerprint density at radius 3 is 2.36 bits per heavy atom. The first-order chi connectivity index (χ1) is 10.7. The molecule has 0 atom stereocenters. The van der Waals surface area contributed by atoms with Gasteiger partial charge >= 0.3 is 6.09 Å². The number of nitrogens with zero attached hydrogens (tertiary/aromatic N) is 2. The first-order valence-corrected chi connectivity index (χ1v) is 7.20. The zero-order valence-electron chi connectivity index (χ0n) is 13.0. The molecule has 2 aliphatic rings. The molecule has 1 aromatic rings. The molecule has 1 aromatic carbocycles. The van der Waals surface area contributed by atoms with Crippen LogP contribution in [0.1, 0.15) is 5.56 Å². The fraction of sp³-hybridized carbons (Fsp3) is 0.533. The Kier molecular flexibility index (Phi) is 3.98. The van der Waals surface area contributed by atoms with E-state index in [4.69, 9.17) is 18.9 Å². The summed E-state index contributed by atoms with van der Waals surface area (Å²) >= 11 is 0. The van der Waals surface area contributed by atoms with E-state index >= 15 is 0 Å². The molecule has 0 unspecified atom stereocenters. The molecule has 7 nitrogen and oxygen atoms in total. The van der Waals surface area contributed by atoms with Crippen LogP contribution in [0.5, 0.6) is 11.5 Å². The summed E-state index contributed by atoms with van der Waals surface area (Å²) in [5.74, 6) is 1.36. The number of rotatable bonds is 4. The van der Waals surface area contributed by atoms with Crippen molar-refractivity contribution in [1.29, 1.82) is 0 Å². The van der Waals surface area contributed by atoms with Crippen molar-refractivity contribution in [2.75, 3.05) is 57.1 Å². The Morgan fingerprint density at radius 2 is 1.82 bits per heavy atom. The lowest BCUT2D eigenvalue weighted by Gasteiger charge is -2.26. The van der Waals surface area contributed by atoms with E-state index in [1.807, 2.05) is 13.0 Å². The number of ether oxygens (including phenoxy) is 4. The van der Waals surface area contributed by atoms with Crippen LogP contribution in [-0.2, 0) is 9.47 Å². The molecule has 0 saturated carbocycles. The van der Waals surface area contributed by atoms with Gasteiger partial charge in [-0.1, -0.05) is 0 Å². The summed E-state index contributed by atoms with van der Waals surface area (Å²) in [6.45, 7) is 4.78. The van der Waals surface area contributed by atoms with Crippen molar-refractivity contribution in [3.8, 4) is 11.5 Å². The molecule has 22 heavy (non-hydrogen) atoms. The van der Waals surface area contributed by atoms with Crippen molar-refractivity contribution in [2.45, 2.75) is 6.92 Å². The van der Waals surface area contributed by atoms with E-state index in [0.717, 1.165) is 23.5 Å². The number of carbonyl (C=O) groups excluding carboxylic acids is 1. The predicted octanol–water partition coefficient (Wildman–Crippen LogP) is 1.76. The van der Waals surface area contributed by atoms with Gasteiger partial charge in [0.25, 0.3) is 0 Å². The Morgan fingerprint density at radius 1 is 1.09 bits per heavy atom. The largest absolute Gasteiger partial charge is 0.494 e. The molecule has 7 heteroatoms. The molecular weight excluding hydrogens is 288 g/mol. The second-order valence-corrected chi connectivity index (χ2v) is 5.17. The summed E-state index contributed by atoms with van der Waals surface area (Å²) in [7, 11) is 3.22. The number of methoxy groups -OCH3 is 2. The van der Waals surface area contributed by atoms with Crippen LogP contribution >= 0.6 is 0 Å². The average Bonchev–Trinajstić information content (AvgIpc) is 3.17. The predicted molar refractivity (Wildman–Crippen MR) is 81.1 cm³/mol. The zero-order valence-corrected chi connectivity index (χ0v) is 13.0. The standard InChI is InChI=1S/C15H20N2O5/c1-10-13(19-2)11(16-4-6-21-9-16)8-12(14(10)20-3)17-5-7-22-15(17)18/h8H,4-7,9H2,1-3H3. The van der Waals surface area contributed by atoms with Crippen molar-refractivity contribution >= 4 is 17.5 Å². The quantitative estimate of drug-likeness (QED) is 0.845. The molecule has 0 radical (unpaired) electrons. The lowest BCUT2D eigenvalue weighted by molar-refractivity contribution is 0.181. The third-order valence-corrected chi connectivity index (χ3v) is 3.97. The minimum Gasteiger partial charge on any atom is -0.494 e. The number of carbonyl (C=O) groups is 1. The average molecular weight is 308 g/mol. The van der Waals surface area contributed by atoms with E-state index in [2.05, 4.69) is 4.90 Å². The minimum atomic E-state index is -0.355. The molecule has 2 fully saturated rings. The monoisotopic (exact) mass is 308 g/mol. The Balaban J connectivity index is 2.13. The van der Waals surface area contributed by atoms with Gasteiger partial charge in [-0.2, -0.15) is 0 Å². The van der Waals surface area contributed by atoms with Gasteiger partial charge in [-0.25, -0.2) is 4.79 Å². The van der Waals surface area contributed by atoms with Gasteiger partial charge < -0.3 is 23.8 Å². The molecular formula is C15H20N2O5. The molecule has 120 valence electrons. The zero-order chi connectivity index (χ0) is 15.7. The van der Waals surface area contributed by atoms with Crippen molar-refractivity contribution in [3.63, 3.8) is 0 Å². The van der Waals surface area contributed by atoms with Gasteiger partial charge in [0.05, 0.1) is 38.7 Å². The molecule has 2 saturated heterocycles. The fourth-order valence-electron chi connectivity index (χ4n) is 2.91. The van der Waals surface area contributed by atoms with E-state index in [0.29, 0.717) is 37.9 Å². The molecule has 2 heterocycles. The van der Waals surface area contributed by atoms with Crippen LogP contribution in [0.3, 0.4) is 0 Å². The van der Waals surface area contributed by atoms with Gasteiger partial charge in [-0.3, -0.25) is 4.90 Å². The molecule has 1 amide bonds. The lowest BCUT2D eigenvalue weighted by Crippen LogP contribution is -2.26. The third-order valence-electron chi connectivity index (χ3n) is 3.97. The highest BCUT2D eigenvalue weighted by molar-refractivity contribution is 5.93. The topological polar surface area (TPSA) is 60.5 Å². The first kappa shape index (κ1) is 14.8. The van der Waals surface area contributed by atoms with Gasteiger partial charge in [-0.05, 0) is 13.0 Å². The number of amides is 1. The van der Waals surface area contributed by atoms with Crippen molar-refractivity contribution in [3.05, 3.63) is 11.6 Å². The number of hydrogen-bond donors (Lipinski definition) is 0. The second-order valence-electron chi connectivity index (χ2n) is 5.17. The summed E-state index contributed by atoms with van der Waals surface area (Å²) in [5.41, 5.74) is 2.45. The van der Waals surface area contributed by atoms with Crippen LogP contribution in [-0.4, -0.2) is 53.3 Å². The number of anilines is 2. The van der Waals surface area contributed by atoms with Gasteiger partial charge in [0.15, 0.2) is 0 Å². The molecule has 0 spiro atoms. The smallest absolute Gasteiger partial charge is 0.414 e. The minimum absolute atomic E-state index is 0.355. The van der Waals surface area contributed by atoms with Crippen molar-refractivity contribution < 1.29 is 23.7 Å². The molecule has 0 aliphatic carbocycles. The van der Waals surface area contributed by atoms with E-state index in [1.165, 1.54) is 0 Å². The van der Waals surface area contributed by atoms with Crippen LogP contribution in [0.15, 0.2) is 6.07 Å². The molecule has 0 N–H and O–H groups in total. The van der Waals surface area contributed by atoms with Crippen LogP contribution in [0.25, 0.3) is 0 Å². The SMILES string of the molecule is COc1c(N2CCOC2)cc(N2CCOC2=O)c(OC)c1C. The van der Waals surface area contributed by atoms with Crippen LogP contribution in [0, 0.1) is 6.92 Å². The number of cyclic esters (lactones) is 1. The van der Waals surface area contributed by atoms with Gasteiger partial charge in [0.1, 0.15) is 24.8 Å². The van der Waals surface area contributed by atoms with Gasteiger partial charge in [0.2, 0.25) is 0 Å². The summed E-state index contributed by atoms with van der Waals surface area (Å²) in [6.07, 6.45) is -0.355. The highest BCUT2D eigenvalue weighted by Gasteiger charge is 2.31. The number of benzene rings is 1. The summed E-state index contributed by atoms with van der Waals surface area (Å²) in [6, 6.07) is 1.91. The first-order valence-electron chi connectivity index (χ1n) is 7.20. The number of hydrogen-bond acceptors (Lipinski definition) is 6. The Bertz CT molecular complexity index is 584. The van der Waals surface area contributed by atoms with Crippen LogP contribution in [0.2, 0.25) is 0 Å². The fourth-order valence-corrected chi connectivity index (χ4v) is 2.91. The molecule has 0 bridgehead atoms. The molecule has 2 aliphatic heterocycles. The van der Waals surface area contributed by atoms with E-state index in [-0.39, 0.29) is 6.09 Å². The van der Waals surface area contributed by atoms with Gasteiger partial charge in [0, 0.05) is 12.1 Å². The maximum absolute atomic E-state index is 11.9. The maximum Gasteiger partial charge on any atom is 0.414 e.